The summed E-state index contributed by atoms with van der Waals surface area (Å²) in [5, 5.41) is 12.3. The Labute approximate surface area is 175 Å². The first-order chi connectivity index (χ1) is 14.7. The van der Waals surface area contributed by atoms with Crippen LogP contribution in [0.1, 0.15) is 23.2 Å². The number of sulfonamides is 1. The van der Waals surface area contributed by atoms with Crippen molar-refractivity contribution in [3.05, 3.63) is 59.5 Å². The molecule has 1 aliphatic heterocycles. The second-order valence-electron chi connectivity index (χ2n) is 7.25. The van der Waals surface area contributed by atoms with E-state index in [0.29, 0.717) is 35.9 Å². The largest absolute Gasteiger partial charge is 0.393 e. The molecular formula is C20H18F3N3O4S. The van der Waals surface area contributed by atoms with Gasteiger partial charge in [0, 0.05) is 48.0 Å². The van der Waals surface area contributed by atoms with Gasteiger partial charge in [-0.1, -0.05) is 0 Å². The lowest BCUT2D eigenvalue weighted by molar-refractivity contribution is 0.102. The van der Waals surface area contributed by atoms with Crippen molar-refractivity contribution in [3.63, 3.8) is 0 Å². The second kappa shape index (κ2) is 7.98. The number of anilines is 1. The summed E-state index contributed by atoms with van der Waals surface area (Å²) in [7, 11) is -3.95. The molecule has 1 aromatic heterocycles. The maximum atomic E-state index is 13.5. The van der Waals surface area contributed by atoms with Crippen LogP contribution in [-0.2, 0) is 10.0 Å². The summed E-state index contributed by atoms with van der Waals surface area (Å²) in [5.74, 6) is -5.41. The number of fused-ring (bicyclic) bond motifs is 1. The number of aliphatic hydroxyl groups excluding tert-OH is 1. The first-order valence-electron chi connectivity index (χ1n) is 9.42. The zero-order valence-corrected chi connectivity index (χ0v) is 16.8. The lowest BCUT2D eigenvalue weighted by atomic mass is 10.1. The van der Waals surface area contributed by atoms with Gasteiger partial charge in [0.2, 0.25) is 10.0 Å². The average Bonchev–Trinajstić information content (AvgIpc) is 3.20. The molecule has 0 unspecified atom stereocenters. The molecule has 1 amide bonds. The van der Waals surface area contributed by atoms with Gasteiger partial charge in [-0.3, -0.25) is 4.79 Å². The van der Waals surface area contributed by atoms with E-state index in [0.717, 1.165) is 0 Å². The molecule has 0 saturated carbocycles. The number of H-pyrrole nitrogens is 1. The van der Waals surface area contributed by atoms with Crippen molar-refractivity contribution >= 4 is 32.5 Å². The summed E-state index contributed by atoms with van der Waals surface area (Å²) in [6.45, 7) is 0.282. The molecule has 4 rings (SSSR count). The van der Waals surface area contributed by atoms with Crippen LogP contribution in [0.15, 0.2) is 41.4 Å². The van der Waals surface area contributed by atoms with Crippen LogP contribution in [0.3, 0.4) is 0 Å². The summed E-state index contributed by atoms with van der Waals surface area (Å²) < 4.78 is 67.5. The quantitative estimate of drug-likeness (QED) is 0.529. The Kier molecular flexibility index (Phi) is 5.50. The molecule has 0 spiro atoms. The Morgan fingerprint density at radius 1 is 1.10 bits per heavy atom. The van der Waals surface area contributed by atoms with Crippen molar-refractivity contribution in [1.29, 1.82) is 0 Å². The first kappa shape index (κ1) is 21.3. The van der Waals surface area contributed by atoms with Crippen molar-refractivity contribution in [1.82, 2.24) is 9.29 Å². The fourth-order valence-corrected chi connectivity index (χ4v) is 5.06. The Hall–Kier alpha value is -2.89. The van der Waals surface area contributed by atoms with E-state index < -0.39 is 39.5 Å². The molecule has 3 aromatic rings. The van der Waals surface area contributed by atoms with Gasteiger partial charge >= 0.3 is 0 Å². The molecule has 0 radical (unpaired) electrons. The Balaban J connectivity index is 1.71. The molecule has 1 fully saturated rings. The van der Waals surface area contributed by atoms with E-state index in [2.05, 4.69) is 10.3 Å². The van der Waals surface area contributed by atoms with Gasteiger partial charge in [0.25, 0.3) is 5.91 Å². The van der Waals surface area contributed by atoms with Crippen molar-refractivity contribution in [2.75, 3.05) is 18.4 Å². The Bertz CT molecular complexity index is 1240. The molecule has 0 aliphatic carbocycles. The molecule has 1 saturated heterocycles. The van der Waals surface area contributed by atoms with Crippen LogP contribution < -0.4 is 5.32 Å². The van der Waals surface area contributed by atoms with Crippen LogP contribution in [-0.4, -0.2) is 47.9 Å². The third-order valence-corrected chi connectivity index (χ3v) is 7.07. The minimum atomic E-state index is -3.95. The summed E-state index contributed by atoms with van der Waals surface area (Å²) in [5.41, 5.74) is 0.0163. The van der Waals surface area contributed by atoms with E-state index in [1.54, 1.807) is 6.07 Å². The molecule has 11 heteroatoms. The van der Waals surface area contributed by atoms with Gasteiger partial charge < -0.3 is 15.4 Å². The predicted molar refractivity (Wildman–Crippen MR) is 107 cm³/mol. The van der Waals surface area contributed by atoms with Crippen LogP contribution >= 0.6 is 0 Å². The van der Waals surface area contributed by atoms with E-state index in [9.17, 15) is 31.5 Å². The lowest BCUT2D eigenvalue weighted by Crippen LogP contribution is -2.40. The van der Waals surface area contributed by atoms with Gasteiger partial charge in [-0.2, -0.15) is 4.31 Å². The standard InChI is InChI=1S/C20H18F3N3O4S/c21-16-7-11(8-17(22)19(16)23)25-20(28)15-9-13(10-18-14(15)1-4-24-18)31(29,30)26-5-2-12(27)3-6-26/h1,4,7-10,12,24,27H,2-3,5-6H2,(H,25,28). The molecule has 1 aliphatic rings. The molecule has 3 N–H and O–H groups in total. The molecule has 0 bridgehead atoms. The lowest BCUT2D eigenvalue weighted by Gasteiger charge is -2.28. The maximum Gasteiger partial charge on any atom is 0.256 e. The van der Waals surface area contributed by atoms with E-state index >= 15 is 0 Å². The number of aromatic amines is 1. The average molecular weight is 453 g/mol. The SMILES string of the molecule is O=C(Nc1cc(F)c(F)c(F)c1)c1cc(S(=O)(=O)N2CCC(O)CC2)cc2[nH]ccc12. The van der Waals surface area contributed by atoms with E-state index in [4.69, 9.17) is 0 Å². The van der Waals surface area contributed by atoms with Crippen molar-refractivity contribution in [3.8, 4) is 0 Å². The number of hydrogen-bond acceptors (Lipinski definition) is 4. The topological polar surface area (TPSA) is 102 Å². The fourth-order valence-electron chi connectivity index (χ4n) is 3.54. The minimum absolute atomic E-state index is 0.0421. The van der Waals surface area contributed by atoms with Gasteiger partial charge in [-0.05, 0) is 31.0 Å². The van der Waals surface area contributed by atoms with E-state index in [1.807, 2.05) is 0 Å². The number of carbonyl (C=O) groups excluding carboxylic acids is 1. The van der Waals surface area contributed by atoms with E-state index in [-0.39, 0.29) is 29.2 Å². The predicted octanol–water partition coefficient (Wildman–Crippen LogP) is 2.98. The molecular weight excluding hydrogens is 435 g/mol. The van der Waals surface area contributed by atoms with Crippen LogP contribution in [0, 0.1) is 17.5 Å². The minimum Gasteiger partial charge on any atom is -0.393 e. The molecule has 164 valence electrons. The first-order valence-corrected chi connectivity index (χ1v) is 10.9. The van der Waals surface area contributed by atoms with Gasteiger partial charge in [0.1, 0.15) is 0 Å². The molecule has 31 heavy (non-hydrogen) atoms. The smallest absolute Gasteiger partial charge is 0.256 e. The molecule has 7 nitrogen and oxygen atoms in total. The second-order valence-corrected chi connectivity index (χ2v) is 9.19. The number of benzene rings is 2. The highest BCUT2D eigenvalue weighted by Gasteiger charge is 2.30. The monoisotopic (exact) mass is 453 g/mol. The Morgan fingerprint density at radius 3 is 2.39 bits per heavy atom. The highest BCUT2D eigenvalue weighted by molar-refractivity contribution is 7.89. The Morgan fingerprint density at radius 2 is 1.74 bits per heavy atom. The third-order valence-electron chi connectivity index (χ3n) is 5.19. The molecule has 0 atom stereocenters. The highest BCUT2D eigenvalue weighted by atomic mass is 32.2. The highest BCUT2D eigenvalue weighted by Crippen LogP contribution is 2.28. The number of piperidine rings is 1. The number of aliphatic hydroxyl groups is 1. The third kappa shape index (κ3) is 4.03. The van der Waals surface area contributed by atoms with Gasteiger partial charge in [-0.25, -0.2) is 21.6 Å². The zero-order chi connectivity index (χ0) is 22.3. The van der Waals surface area contributed by atoms with Gasteiger partial charge in [-0.15, -0.1) is 0 Å². The molecule has 2 aromatic carbocycles. The number of hydrogen-bond donors (Lipinski definition) is 3. The zero-order valence-electron chi connectivity index (χ0n) is 16.0. The summed E-state index contributed by atoms with van der Waals surface area (Å²) in [6.07, 6.45) is 1.57. The van der Waals surface area contributed by atoms with Gasteiger partial charge in [0.15, 0.2) is 17.5 Å². The van der Waals surface area contributed by atoms with Crippen molar-refractivity contribution in [2.45, 2.75) is 23.8 Å². The fraction of sp³-hybridized carbons (Fsp3) is 0.250. The van der Waals surface area contributed by atoms with Gasteiger partial charge in [0.05, 0.1) is 16.6 Å². The number of aromatic nitrogens is 1. The summed E-state index contributed by atoms with van der Waals surface area (Å²) >= 11 is 0. The number of halogens is 3. The number of nitrogens with one attached hydrogen (secondary N) is 2. The van der Waals surface area contributed by atoms with Crippen molar-refractivity contribution < 1.29 is 31.5 Å². The summed E-state index contributed by atoms with van der Waals surface area (Å²) in [6, 6.07) is 5.39. The normalized spacial score (nSPS) is 16.0. The number of rotatable bonds is 4. The van der Waals surface area contributed by atoms with Crippen LogP contribution in [0.4, 0.5) is 18.9 Å². The maximum absolute atomic E-state index is 13.5. The summed E-state index contributed by atoms with van der Waals surface area (Å²) in [4.78, 5) is 15.5. The van der Waals surface area contributed by atoms with Crippen molar-refractivity contribution in [2.24, 2.45) is 0 Å². The molecule has 2 heterocycles. The number of nitrogens with zero attached hydrogens (tertiary/aromatic N) is 1. The van der Waals surface area contributed by atoms with Crippen LogP contribution in [0.2, 0.25) is 0 Å². The van der Waals surface area contributed by atoms with Crippen LogP contribution in [0.25, 0.3) is 10.9 Å². The van der Waals surface area contributed by atoms with Crippen LogP contribution in [0.5, 0.6) is 0 Å². The number of carbonyl (C=O) groups is 1. The number of amides is 1. The van der Waals surface area contributed by atoms with E-state index in [1.165, 1.54) is 22.6 Å².